The molecule has 0 aliphatic carbocycles. The molecule has 0 fully saturated rings. The molecule has 2 N–H and O–H groups in total. The van der Waals surface area contributed by atoms with Gasteiger partial charge in [-0.2, -0.15) is 5.10 Å². The first-order valence-electron chi connectivity index (χ1n) is 7.35. The van der Waals surface area contributed by atoms with E-state index in [2.05, 4.69) is 15.5 Å². The van der Waals surface area contributed by atoms with Crippen LogP contribution in [0.5, 0.6) is 5.75 Å². The van der Waals surface area contributed by atoms with E-state index in [0.29, 0.717) is 12.3 Å². The SMILES string of the molecule is O=C1CC(CO)C(c2ccc(OCc3cccnc3)cc2)=NN1. The topological polar surface area (TPSA) is 83.8 Å². The highest BCUT2D eigenvalue weighted by Gasteiger charge is 2.24. The number of aliphatic hydroxyl groups is 1. The summed E-state index contributed by atoms with van der Waals surface area (Å²) in [6.07, 6.45) is 3.73. The number of nitrogens with one attached hydrogen (secondary N) is 1. The normalized spacial score (nSPS) is 17.3. The van der Waals surface area contributed by atoms with Crippen molar-refractivity contribution in [2.45, 2.75) is 13.0 Å². The van der Waals surface area contributed by atoms with Crippen molar-refractivity contribution in [1.82, 2.24) is 10.4 Å². The van der Waals surface area contributed by atoms with E-state index in [9.17, 15) is 9.90 Å². The van der Waals surface area contributed by atoms with E-state index in [4.69, 9.17) is 4.74 Å². The van der Waals surface area contributed by atoms with Crippen LogP contribution in [0, 0.1) is 5.92 Å². The van der Waals surface area contributed by atoms with E-state index in [0.717, 1.165) is 16.9 Å². The number of hydrogen-bond acceptors (Lipinski definition) is 5. The van der Waals surface area contributed by atoms with Gasteiger partial charge in [-0.15, -0.1) is 0 Å². The van der Waals surface area contributed by atoms with Crippen molar-refractivity contribution in [3.05, 3.63) is 59.9 Å². The van der Waals surface area contributed by atoms with Crippen LogP contribution in [0.2, 0.25) is 0 Å². The third kappa shape index (κ3) is 3.73. The largest absolute Gasteiger partial charge is 0.489 e. The summed E-state index contributed by atoms with van der Waals surface area (Å²) in [5, 5.41) is 13.5. The average molecular weight is 311 g/mol. The zero-order chi connectivity index (χ0) is 16.1. The fourth-order valence-corrected chi connectivity index (χ4v) is 2.40. The van der Waals surface area contributed by atoms with Crippen molar-refractivity contribution in [1.29, 1.82) is 0 Å². The maximum absolute atomic E-state index is 11.3. The van der Waals surface area contributed by atoms with E-state index in [1.807, 2.05) is 36.4 Å². The molecule has 0 bridgehead atoms. The molecule has 23 heavy (non-hydrogen) atoms. The molecule has 1 aromatic carbocycles. The van der Waals surface area contributed by atoms with E-state index in [1.54, 1.807) is 12.4 Å². The summed E-state index contributed by atoms with van der Waals surface area (Å²) in [4.78, 5) is 15.4. The highest BCUT2D eigenvalue weighted by atomic mass is 16.5. The van der Waals surface area contributed by atoms with Crippen LogP contribution < -0.4 is 10.2 Å². The zero-order valence-electron chi connectivity index (χ0n) is 12.5. The number of aliphatic hydroxyl groups excluding tert-OH is 1. The summed E-state index contributed by atoms with van der Waals surface area (Å²) in [5.74, 6) is 0.286. The molecule has 1 aliphatic heterocycles. The number of rotatable bonds is 5. The maximum atomic E-state index is 11.3. The molecule has 3 rings (SSSR count). The number of carbonyl (C=O) groups excluding carboxylic acids is 1. The van der Waals surface area contributed by atoms with Crippen molar-refractivity contribution in [3.8, 4) is 5.75 Å². The van der Waals surface area contributed by atoms with Crippen LogP contribution in [-0.2, 0) is 11.4 Å². The molecule has 0 spiro atoms. The first-order valence-corrected chi connectivity index (χ1v) is 7.35. The number of ether oxygens (including phenoxy) is 1. The molecule has 1 amide bonds. The van der Waals surface area contributed by atoms with Crippen LogP contribution in [0.15, 0.2) is 53.9 Å². The van der Waals surface area contributed by atoms with E-state index >= 15 is 0 Å². The molecule has 1 unspecified atom stereocenters. The Kier molecular flexibility index (Phi) is 4.63. The molecule has 1 aliphatic rings. The number of nitrogens with zero attached hydrogens (tertiary/aromatic N) is 2. The van der Waals surface area contributed by atoms with Crippen LogP contribution in [0.4, 0.5) is 0 Å². The molecule has 0 radical (unpaired) electrons. The minimum Gasteiger partial charge on any atom is -0.489 e. The second kappa shape index (κ2) is 7.02. The van der Waals surface area contributed by atoms with Gasteiger partial charge >= 0.3 is 0 Å². The van der Waals surface area contributed by atoms with Crippen molar-refractivity contribution in [2.75, 3.05) is 6.61 Å². The van der Waals surface area contributed by atoms with E-state index in [1.165, 1.54) is 0 Å². The van der Waals surface area contributed by atoms with Gasteiger partial charge in [-0.25, -0.2) is 5.43 Å². The third-order valence-electron chi connectivity index (χ3n) is 3.62. The Morgan fingerprint density at radius 1 is 1.26 bits per heavy atom. The number of hydrazone groups is 1. The highest BCUT2D eigenvalue weighted by Crippen LogP contribution is 2.20. The summed E-state index contributed by atoms with van der Waals surface area (Å²) in [6.45, 7) is 0.342. The number of pyridine rings is 1. The van der Waals surface area contributed by atoms with Crippen molar-refractivity contribution in [2.24, 2.45) is 11.0 Å². The lowest BCUT2D eigenvalue weighted by molar-refractivity contribution is -0.122. The Hall–Kier alpha value is -2.73. The molecule has 6 nitrogen and oxygen atoms in total. The minimum atomic E-state index is -0.272. The Labute approximate surface area is 133 Å². The molecule has 2 aromatic rings. The molecule has 1 aromatic heterocycles. The molecule has 6 heteroatoms. The Morgan fingerprint density at radius 3 is 2.78 bits per heavy atom. The van der Waals surface area contributed by atoms with Crippen LogP contribution >= 0.6 is 0 Å². The highest BCUT2D eigenvalue weighted by molar-refractivity contribution is 6.06. The second-order valence-corrected chi connectivity index (χ2v) is 5.29. The van der Waals surface area contributed by atoms with Crippen LogP contribution in [0.1, 0.15) is 17.5 Å². The zero-order valence-corrected chi connectivity index (χ0v) is 12.5. The van der Waals surface area contributed by atoms with Crippen molar-refractivity contribution in [3.63, 3.8) is 0 Å². The smallest absolute Gasteiger partial charge is 0.240 e. The summed E-state index contributed by atoms with van der Waals surface area (Å²) in [7, 11) is 0. The molecular formula is C17H17N3O3. The Morgan fingerprint density at radius 2 is 2.09 bits per heavy atom. The molecule has 2 heterocycles. The Bertz CT molecular complexity index is 699. The van der Waals surface area contributed by atoms with E-state index in [-0.39, 0.29) is 24.9 Å². The number of aromatic nitrogens is 1. The molecule has 118 valence electrons. The Balaban J connectivity index is 1.68. The van der Waals surface area contributed by atoms with Gasteiger partial charge in [0.2, 0.25) is 5.91 Å². The van der Waals surface area contributed by atoms with Gasteiger partial charge in [-0.1, -0.05) is 6.07 Å². The van der Waals surface area contributed by atoms with Gasteiger partial charge in [0, 0.05) is 30.3 Å². The lowest BCUT2D eigenvalue weighted by Crippen LogP contribution is -2.35. The molecule has 0 saturated carbocycles. The fourth-order valence-electron chi connectivity index (χ4n) is 2.40. The van der Waals surface area contributed by atoms with E-state index < -0.39 is 0 Å². The standard InChI is InChI=1S/C17H17N3O3/c21-10-14-8-16(22)19-20-17(14)13-3-5-15(6-4-13)23-11-12-2-1-7-18-9-12/h1-7,9,14,21H,8,10-11H2,(H,19,22). The van der Waals surface area contributed by atoms with Crippen LogP contribution in [0.3, 0.4) is 0 Å². The summed E-state index contributed by atoms with van der Waals surface area (Å²) in [5.41, 5.74) is 5.00. The van der Waals surface area contributed by atoms with Gasteiger partial charge in [0.25, 0.3) is 0 Å². The number of benzene rings is 1. The first-order chi connectivity index (χ1) is 11.3. The summed E-state index contributed by atoms with van der Waals surface area (Å²) in [6, 6.07) is 11.3. The second-order valence-electron chi connectivity index (χ2n) is 5.29. The molecule has 1 atom stereocenters. The van der Waals surface area contributed by atoms with Gasteiger partial charge in [-0.3, -0.25) is 9.78 Å². The number of amides is 1. The van der Waals surface area contributed by atoms with Crippen LogP contribution in [0.25, 0.3) is 0 Å². The molecular weight excluding hydrogens is 294 g/mol. The lowest BCUT2D eigenvalue weighted by Gasteiger charge is -2.21. The maximum Gasteiger partial charge on any atom is 0.240 e. The fraction of sp³-hybridized carbons (Fsp3) is 0.235. The third-order valence-corrected chi connectivity index (χ3v) is 3.62. The first kappa shape index (κ1) is 15.2. The summed E-state index contributed by atoms with van der Waals surface area (Å²) >= 11 is 0. The predicted molar refractivity (Wildman–Crippen MR) is 84.9 cm³/mol. The molecule has 0 saturated heterocycles. The van der Waals surface area contributed by atoms with Crippen molar-refractivity contribution < 1.29 is 14.6 Å². The van der Waals surface area contributed by atoms with Crippen LogP contribution in [-0.4, -0.2) is 28.3 Å². The van der Waals surface area contributed by atoms with Gasteiger partial charge < -0.3 is 9.84 Å². The monoisotopic (exact) mass is 311 g/mol. The van der Waals surface area contributed by atoms with Gasteiger partial charge in [0.15, 0.2) is 0 Å². The number of hydrogen-bond donors (Lipinski definition) is 2. The van der Waals surface area contributed by atoms with Gasteiger partial charge in [-0.05, 0) is 35.9 Å². The number of carbonyl (C=O) groups is 1. The summed E-state index contributed by atoms with van der Waals surface area (Å²) < 4.78 is 5.71. The predicted octanol–water partition coefficient (Wildman–Crippen LogP) is 1.49. The lowest BCUT2D eigenvalue weighted by atomic mass is 9.93. The average Bonchev–Trinajstić information content (AvgIpc) is 2.61. The van der Waals surface area contributed by atoms with Gasteiger partial charge in [0.1, 0.15) is 12.4 Å². The quantitative estimate of drug-likeness (QED) is 0.876. The van der Waals surface area contributed by atoms with Gasteiger partial charge in [0.05, 0.1) is 12.3 Å². The minimum absolute atomic E-state index is 0.106. The van der Waals surface area contributed by atoms with Crippen molar-refractivity contribution >= 4 is 11.6 Å².